The predicted octanol–water partition coefficient (Wildman–Crippen LogP) is 0.398. The number of aliphatic hydroxyl groups is 1. The monoisotopic (exact) mass is 211 g/mol. The van der Waals surface area contributed by atoms with Gasteiger partial charge in [-0.15, -0.1) is 0 Å². The third-order valence-corrected chi connectivity index (χ3v) is 1.22. The summed E-state index contributed by atoms with van der Waals surface area (Å²) in [6, 6.07) is 1.67. The zero-order valence-electron chi connectivity index (χ0n) is 7.38. The van der Waals surface area contributed by atoms with Gasteiger partial charge < -0.3 is 14.9 Å². The molecule has 0 aliphatic carbocycles. The van der Waals surface area contributed by atoms with Gasteiger partial charge in [0.25, 0.3) is 0 Å². The van der Waals surface area contributed by atoms with Crippen molar-refractivity contribution in [2.45, 2.75) is 19.8 Å². The molecule has 0 saturated heterocycles. The molecular formula is C6H14NO5P. The van der Waals surface area contributed by atoms with Gasteiger partial charge in [-0.05, 0) is 6.42 Å². The van der Waals surface area contributed by atoms with Crippen LogP contribution in [0, 0.1) is 11.3 Å². The van der Waals surface area contributed by atoms with E-state index in [2.05, 4.69) is 4.52 Å². The van der Waals surface area contributed by atoms with Crippen LogP contribution in [0.5, 0.6) is 0 Å². The van der Waals surface area contributed by atoms with Gasteiger partial charge in [0.2, 0.25) is 0 Å². The van der Waals surface area contributed by atoms with Crippen molar-refractivity contribution in [2.75, 3.05) is 13.2 Å². The van der Waals surface area contributed by atoms with Crippen LogP contribution in [-0.2, 0) is 9.09 Å². The van der Waals surface area contributed by atoms with Crippen molar-refractivity contribution < 1.29 is 24.0 Å². The van der Waals surface area contributed by atoms with E-state index in [-0.39, 0.29) is 13.0 Å². The van der Waals surface area contributed by atoms with E-state index in [0.717, 1.165) is 6.42 Å². The fourth-order valence-electron chi connectivity index (χ4n) is 0.210. The lowest BCUT2D eigenvalue weighted by atomic mass is 10.5. The lowest BCUT2D eigenvalue weighted by Crippen LogP contribution is -1.89. The zero-order valence-corrected chi connectivity index (χ0v) is 8.28. The Hall–Kier alpha value is -0.440. The van der Waals surface area contributed by atoms with Gasteiger partial charge in [0.15, 0.2) is 0 Å². The van der Waals surface area contributed by atoms with E-state index in [1.54, 1.807) is 6.07 Å². The van der Waals surface area contributed by atoms with Crippen molar-refractivity contribution >= 4 is 7.82 Å². The highest BCUT2D eigenvalue weighted by Gasteiger charge is 2.11. The number of rotatable bonds is 4. The molecule has 0 aromatic rings. The molecule has 0 aliphatic heterocycles. The number of hydrogen-bond acceptors (Lipinski definition) is 4. The first-order chi connectivity index (χ1) is 5.97. The largest absolute Gasteiger partial charge is 0.469 e. The molecule has 0 aliphatic rings. The summed E-state index contributed by atoms with van der Waals surface area (Å²) in [4.78, 5) is 16.0. The maximum atomic E-state index is 9.87. The summed E-state index contributed by atoms with van der Waals surface area (Å²) >= 11 is 0. The van der Waals surface area contributed by atoms with E-state index in [9.17, 15) is 4.57 Å². The van der Waals surface area contributed by atoms with E-state index in [1.807, 2.05) is 6.92 Å². The van der Waals surface area contributed by atoms with Crippen molar-refractivity contribution in [3.8, 4) is 6.07 Å². The molecule has 0 spiro atoms. The van der Waals surface area contributed by atoms with E-state index in [1.165, 1.54) is 0 Å². The minimum Gasteiger partial charge on any atom is -0.396 e. The molecule has 78 valence electrons. The summed E-state index contributed by atoms with van der Waals surface area (Å²) in [6.07, 6.45) is 0.866. The highest BCUT2D eigenvalue weighted by molar-refractivity contribution is 7.46. The van der Waals surface area contributed by atoms with Crippen LogP contribution in [0.1, 0.15) is 19.8 Å². The van der Waals surface area contributed by atoms with Crippen molar-refractivity contribution in [3.05, 3.63) is 0 Å². The number of nitrogens with zero attached hydrogens (tertiary/aromatic N) is 1. The Balaban J connectivity index is 0. The predicted molar refractivity (Wildman–Crippen MR) is 45.6 cm³/mol. The quantitative estimate of drug-likeness (QED) is 0.458. The Kier molecular flexibility index (Phi) is 11.2. The first-order valence-corrected chi connectivity index (χ1v) is 5.18. The summed E-state index contributed by atoms with van der Waals surface area (Å²) in [7, 11) is -4.35. The molecule has 13 heavy (non-hydrogen) atoms. The number of nitriles is 1. The second-order valence-corrected chi connectivity index (χ2v) is 3.19. The van der Waals surface area contributed by atoms with E-state index in [4.69, 9.17) is 20.2 Å². The molecule has 0 aromatic heterocycles. The zero-order chi connectivity index (χ0) is 10.7. The molecule has 0 aromatic carbocycles. The van der Waals surface area contributed by atoms with Crippen LogP contribution in [0.3, 0.4) is 0 Å². The van der Waals surface area contributed by atoms with Gasteiger partial charge in [-0.2, -0.15) is 5.26 Å². The molecule has 0 atom stereocenters. The molecule has 6 nitrogen and oxygen atoms in total. The molecule has 0 bridgehead atoms. The lowest BCUT2D eigenvalue weighted by Gasteiger charge is -1.99. The topological polar surface area (TPSA) is 111 Å². The summed E-state index contributed by atoms with van der Waals surface area (Å²) in [6.45, 7) is 2.03. The number of hydrogen-bond donors (Lipinski definition) is 3. The van der Waals surface area contributed by atoms with Gasteiger partial charge in [0.1, 0.15) is 0 Å². The van der Waals surface area contributed by atoms with Crippen molar-refractivity contribution in [2.24, 2.45) is 0 Å². The Bertz CT molecular complexity index is 182. The van der Waals surface area contributed by atoms with Crippen LogP contribution in [0.4, 0.5) is 0 Å². The molecule has 0 saturated carbocycles. The van der Waals surface area contributed by atoms with Crippen LogP contribution < -0.4 is 0 Å². The highest BCUT2D eigenvalue weighted by Crippen LogP contribution is 2.35. The van der Waals surface area contributed by atoms with Crippen molar-refractivity contribution in [3.63, 3.8) is 0 Å². The van der Waals surface area contributed by atoms with Crippen molar-refractivity contribution in [1.29, 1.82) is 5.26 Å². The Morgan fingerprint density at radius 3 is 2.23 bits per heavy atom. The van der Waals surface area contributed by atoms with Crippen LogP contribution in [0.25, 0.3) is 0 Å². The second-order valence-electron chi connectivity index (χ2n) is 1.96. The summed E-state index contributed by atoms with van der Waals surface area (Å²) < 4.78 is 13.8. The molecule has 7 heteroatoms. The summed E-state index contributed by atoms with van der Waals surface area (Å²) in [5.74, 6) is 0. The SMILES string of the molecule is CCCO.N#CCCOP(=O)(O)O. The fraction of sp³-hybridized carbons (Fsp3) is 0.833. The third kappa shape index (κ3) is 24.6. The fourth-order valence-corrected chi connectivity index (χ4v) is 0.539. The number of phosphoric acid groups is 1. The van der Waals surface area contributed by atoms with Gasteiger partial charge in [-0.1, -0.05) is 6.92 Å². The minimum atomic E-state index is -4.35. The van der Waals surface area contributed by atoms with E-state index >= 15 is 0 Å². The van der Waals surface area contributed by atoms with Crippen LogP contribution in [-0.4, -0.2) is 28.1 Å². The second kappa shape index (κ2) is 9.65. The van der Waals surface area contributed by atoms with Crippen LogP contribution >= 0.6 is 7.82 Å². The Labute approximate surface area is 77.0 Å². The van der Waals surface area contributed by atoms with Crippen molar-refractivity contribution in [1.82, 2.24) is 0 Å². The van der Waals surface area contributed by atoms with Gasteiger partial charge in [-0.25, -0.2) is 4.57 Å². The first kappa shape index (κ1) is 15.1. The van der Waals surface area contributed by atoms with Gasteiger partial charge in [0, 0.05) is 6.61 Å². The van der Waals surface area contributed by atoms with Gasteiger partial charge >= 0.3 is 7.82 Å². The van der Waals surface area contributed by atoms with Gasteiger partial charge in [0.05, 0.1) is 19.1 Å². The standard InChI is InChI=1S/C3H6NO4P.C3H8O/c4-2-1-3-8-9(5,6)7;1-2-3-4/h1,3H2,(H2,5,6,7);4H,2-3H2,1H3. The molecule has 0 radical (unpaired) electrons. The third-order valence-electron chi connectivity index (χ3n) is 0.697. The molecule has 0 rings (SSSR count). The van der Waals surface area contributed by atoms with Gasteiger partial charge in [-0.3, -0.25) is 4.52 Å². The van der Waals surface area contributed by atoms with E-state index < -0.39 is 7.82 Å². The number of phosphoric ester groups is 1. The summed E-state index contributed by atoms with van der Waals surface area (Å²) in [5.41, 5.74) is 0. The maximum absolute atomic E-state index is 9.87. The summed E-state index contributed by atoms with van der Waals surface area (Å²) in [5, 5.41) is 15.8. The molecule has 0 fully saturated rings. The molecule has 0 unspecified atom stereocenters. The smallest absolute Gasteiger partial charge is 0.396 e. The number of aliphatic hydroxyl groups excluding tert-OH is 1. The molecule has 3 N–H and O–H groups in total. The Morgan fingerprint density at radius 1 is 1.54 bits per heavy atom. The average molecular weight is 211 g/mol. The Morgan fingerprint density at radius 2 is 2.00 bits per heavy atom. The van der Waals surface area contributed by atoms with E-state index in [0.29, 0.717) is 6.61 Å². The molecule has 0 amide bonds. The lowest BCUT2D eigenvalue weighted by molar-refractivity contribution is 0.201. The van der Waals surface area contributed by atoms with Crippen LogP contribution in [0.2, 0.25) is 0 Å². The minimum absolute atomic E-state index is 0.00882. The average Bonchev–Trinajstić information content (AvgIpc) is 2.03. The molecule has 0 heterocycles. The van der Waals surface area contributed by atoms with Crippen LogP contribution in [0.15, 0.2) is 0 Å². The molecular weight excluding hydrogens is 197 g/mol. The highest BCUT2D eigenvalue weighted by atomic mass is 31.2. The first-order valence-electron chi connectivity index (χ1n) is 3.65. The maximum Gasteiger partial charge on any atom is 0.469 e. The normalized spacial score (nSPS) is 9.77.